The normalized spacial score (nSPS) is 16.1. The standard InChI is InChI=1S/C49H60N10O8S5/c1-67-37-17-15-35(16-18-37)40-33-69-48(53-40)56-46(62)41-10-6-8-27-59(41)72(65,66)38-19-13-34(14-20-38)32-50-25-7-4-2-3-5-11-43(60)51-26-30-58-28-23-36(24-29-58)45(61)55-49-52-39-21-22-42(54-47(39)70-49)57-71(63,64)44-12-9-31-68-44/h9,12-22,31,33,36,41,50H,2-8,10-11,23-30,32H2,1H3,(H,51,60)(H,54,57)(H,52,55,61)(H,53,56,62). The minimum absolute atomic E-state index is 0.0511. The lowest BCUT2D eigenvalue weighted by molar-refractivity contribution is -0.121. The van der Waals surface area contributed by atoms with Crippen molar-refractivity contribution in [1.82, 2.24) is 34.8 Å². The van der Waals surface area contributed by atoms with Crippen LogP contribution >= 0.6 is 34.0 Å². The molecule has 2 fully saturated rings. The molecule has 18 nitrogen and oxygen atoms in total. The molecule has 0 bridgehead atoms. The minimum Gasteiger partial charge on any atom is -0.497 e. The number of rotatable bonds is 24. The minimum atomic E-state index is -3.92. The molecular formula is C49H60N10O8S5. The Morgan fingerprint density at radius 2 is 1.53 bits per heavy atom. The van der Waals surface area contributed by atoms with Gasteiger partial charge in [-0.2, -0.15) is 4.31 Å². The third-order valence-electron chi connectivity index (χ3n) is 12.7. The molecular weight excluding hydrogens is 1020 g/mol. The van der Waals surface area contributed by atoms with Gasteiger partial charge in [-0.1, -0.05) is 55.2 Å². The van der Waals surface area contributed by atoms with Crippen molar-refractivity contribution in [2.75, 3.05) is 61.7 Å². The number of likely N-dealkylation sites (tertiary alicyclic amines) is 1. The molecule has 0 saturated carbocycles. The van der Waals surface area contributed by atoms with Crippen LogP contribution in [0.4, 0.5) is 16.1 Å². The third-order valence-corrected chi connectivity index (χ3v) is 19.0. The summed E-state index contributed by atoms with van der Waals surface area (Å²) in [6.07, 6.45) is 8.61. The summed E-state index contributed by atoms with van der Waals surface area (Å²) < 4.78 is 62.2. The molecule has 0 radical (unpaired) electrons. The number of thiophene rings is 1. The number of thiazole rings is 2. The molecule has 8 rings (SSSR count). The molecule has 1 unspecified atom stereocenters. The van der Waals surface area contributed by atoms with E-state index in [1.165, 1.54) is 33.0 Å². The van der Waals surface area contributed by atoms with Crippen LogP contribution in [0.1, 0.15) is 76.2 Å². The first-order chi connectivity index (χ1) is 34.8. The van der Waals surface area contributed by atoms with Gasteiger partial charge in [0.2, 0.25) is 27.7 Å². The van der Waals surface area contributed by atoms with Crippen LogP contribution in [0, 0.1) is 5.92 Å². The summed E-state index contributed by atoms with van der Waals surface area (Å²) in [6.45, 7) is 4.48. The van der Waals surface area contributed by atoms with Crippen LogP contribution in [0.25, 0.3) is 21.6 Å². The number of amides is 3. The van der Waals surface area contributed by atoms with Crippen molar-refractivity contribution >= 4 is 98.2 Å². The van der Waals surface area contributed by atoms with Gasteiger partial charge in [0.05, 0.1) is 17.7 Å². The van der Waals surface area contributed by atoms with Crippen LogP contribution in [-0.2, 0) is 41.0 Å². The van der Waals surface area contributed by atoms with Gasteiger partial charge in [-0.25, -0.2) is 31.8 Å². The van der Waals surface area contributed by atoms with Crippen molar-refractivity contribution in [1.29, 1.82) is 0 Å². The molecule has 6 heterocycles. The first-order valence-corrected chi connectivity index (χ1v) is 29.7. The number of hydrogen-bond acceptors (Lipinski definition) is 16. The summed E-state index contributed by atoms with van der Waals surface area (Å²) in [5, 5.41) is 16.6. The maximum Gasteiger partial charge on any atom is 0.272 e. The number of unbranched alkanes of at least 4 members (excludes halogenated alkanes) is 4. The van der Waals surface area contributed by atoms with Gasteiger partial charge in [0.25, 0.3) is 10.0 Å². The zero-order valence-corrected chi connectivity index (χ0v) is 44.1. The van der Waals surface area contributed by atoms with E-state index < -0.39 is 26.1 Å². The molecule has 384 valence electrons. The molecule has 2 aliphatic heterocycles. The van der Waals surface area contributed by atoms with Crippen LogP contribution in [0.5, 0.6) is 5.75 Å². The fourth-order valence-corrected chi connectivity index (χ4v) is 13.9. The predicted octanol–water partition coefficient (Wildman–Crippen LogP) is 7.76. The number of fused-ring (bicyclic) bond motifs is 1. The van der Waals surface area contributed by atoms with Gasteiger partial charge >= 0.3 is 0 Å². The number of anilines is 3. The Bertz CT molecular complexity index is 2980. The molecule has 4 aromatic heterocycles. The van der Waals surface area contributed by atoms with E-state index in [2.05, 4.69) is 45.8 Å². The zero-order chi connectivity index (χ0) is 50.5. The predicted molar refractivity (Wildman–Crippen MR) is 283 cm³/mol. The second kappa shape index (κ2) is 25.0. The first-order valence-electron chi connectivity index (χ1n) is 24.2. The highest BCUT2D eigenvalue weighted by Crippen LogP contribution is 2.31. The summed E-state index contributed by atoms with van der Waals surface area (Å²) in [6, 6.07) is 19.9. The van der Waals surface area contributed by atoms with E-state index in [-0.39, 0.29) is 45.1 Å². The number of ether oxygens (including phenoxy) is 1. The summed E-state index contributed by atoms with van der Waals surface area (Å²) in [5.74, 6) is 0.322. The average molecular weight is 1080 g/mol. The van der Waals surface area contributed by atoms with Crippen LogP contribution in [0.15, 0.2) is 92.7 Å². The number of nitrogens with zero attached hydrogens (tertiary/aromatic N) is 5. The number of carbonyl (C=O) groups is 3. The molecule has 2 aliphatic rings. The molecule has 3 amide bonds. The van der Waals surface area contributed by atoms with Gasteiger partial charge in [-0.15, -0.1) is 22.7 Å². The van der Waals surface area contributed by atoms with Crippen LogP contribution in [0.2, 0.25) is 0 Å². The lowest BCUT2D eigenvalue weighted by atomic mass is 9.96. The van der Waals surface area contributed by atoms with Gasteiger partial charge in [0, 0.05) is 49.5 Å². The third kappa shape index (κ3) is 14.2. The highest BCUT2D eigenvalue weighted by Gasteiger charge is 2.38. The van der Waals surface area contributed by atoms with Crippen molar-refractivity contribution in [3.63, 3.8) is 0 Å². The van der Waals surface area contributed by atoms with E-state index >= 15 is 0 Å². The molecule has 72 heavy (non-hydrogen) atoms. The Balaban J connectivity index is 0.653. The Morgan fingerprint density at radius 3 is 2.29 bits per heavy atom. The van der Waals surface area contributed by atoms with E-state index in [4.69, 9.17) is 4.74 Å². The topological polar surface area (TPSA) is 234 Å². The molecule has 5 N–H and O–H groups in total. The number of aromatic nitrogens is 3. The second-order valence-corrected chi connectivity index (χ2v) is 24.3. The average Bonchev–Trinajstić information content (AvgIpc) is 4.19. The van der Waals surface area contributed by atoms with Gasteiger partial charge in [-0.05, 0) is 124 Å². The summed E-state index contributed by atoms with van der Waals surface area (Å²) >= 11 is 3.61. The van der Waals surface area contributed by atoms with E-state index in [9.17, 15) is 31.2 Å². The van der Waals surface area contributed by atoms with Crippen molar-refractivity contribution in [3.8, 4) is 17.0 Å². The number of sulfonamides is 2. The fourth-order valence-electron chi connectivity index (χ4n) is 8.68. The molecule has 2 saturated heterocycles. The van der Waals surface area contributed by atoms with E-state index in [0.717, 1.165) is 92.9 Å². The van der Waals surface area contributed by atoms with Crippen LogP contribution in [0.3, 0.4) is 0 Å². The Hall–Kier alpha value is -5.40. The number of pyridine rings is 1. The van der Waals surface area contributed by atoms with E-state index in [0.29, 0.717) is 71.5 Å². The SMILES string of the molecule is COc1ccc(-c2csc(NC(=O)C3CCCCN3S(=O)(=O)c3ccc(CNCCCCCCCC(=O)NCCN4CCC(C(=O)Nc5nc6ccc(NS(=O)(=O)c7cccs7)nc6s5)CC4)cc3)n2)cc1. The number of hydrogen-bond donors (Lipinski definition) is 5. The van der Waals surface area contributed by atoms with Crippen molar-refractivity contribution in [2.45, 2.75) is 92.3 Å². The van der Waals surface area contributed by atoms with Gasteiger partial charge < -0.3 is 30.9 Å². The van der Waals surface area contributed by atoms with Gasteiger partial charge in [-0.3, -0.25) is 19.1 Å². The number of methoxy groups -OCH3 is 1. The van der Waals surface area contributed by atoms with Gasteiger partial charge in [0.1, 0.15) is 32.2 Å². The smallest absolute Gasteiger partial charge is 0.272 e. The molecule has 0 spiro atoms. The van der Waals surface area contributed by atoms with Crippen molar-refractivity contribution in [3.05, 3.63) is 89.1 Å². The maximum atomic E-state index is 13.8. The van der Waals surface area contributed by atoms with E-state index in [1.807, 2.05) is 41.8 Å². The zero-order valence-electron chi connectivity index (χ0n) is 40.0. The Kier molecular flexibility index (Phi) is 18.4. The molecule has 1 atom stereocenters. The lowest BCUT2D eigenvalue weighted by Crippen LogP contribution is -2.49. The van der Waals surface area contributed by atoms with Crippen LogP contribution in [-0.4, -0.2) is 111 Å². The second-order valence-electron chi connectivity index (χ2n) is 17.8. The highest BCUT2D eigenvalue weighted by molar-refractivity contribution is 7.94. The molecule has 0 aliphatic carbocycles. The molecule has 23 heteroatoms. The largest absolute Gasteiger partial charge is 0.497 e. The van der Waals surface area contributed by atoms with Crippen molar-refractivity contribution < 1.29 is 36.0 Å². The van der Waals surface area contributed by atoms with Crippen molar-refractivity contribution in [2.24, 2.45) is 5.92 Å². The number of benzene rings is 2. The Morgan fingerprint density at radius 1 is 0.764 bits per heavy atom. The Labute approximate surface area is 432 Å². The monoisotopic (exact) mass is 1080 g/mol. The molecule has 2 aromatic carbocycles. The van der Waals surface area contributed by atoms with Crippen LogP contribution < -0.4 is 30.7 Å². The first kappa shape index (κ1) is 52.9. The number of carbonyl (C=O) groups excluding carboxylic acids is 3. The summed E-state index contributed by atoms with van der Waals surface area (Å²) in [7, 11) is -6.04. The summed E-state index contributed by atoms with van der Waals surface area (Å²) in [4.78, 5) is 55.5. The fraction of sp³-hybridized carbons (Fsp3) is 0.429. The number of nitrogens with one attached hydrogen (secondary N) is 5. The molecule has 6 aromatic rings. The quantitative estimate of drug-likeness (QED) is 0.0365. The summed E-state index contributed by atoms with van der Waals surface area (Å²) in [5.41, 5.74) is 3.13. The maximum absolute atomic E-state index is 13.8. The van der Waals surface area contributed by atoms with Gasteiger partial charge in [0.15, 0.2) is 10.3 Å². The number of piperidine rings is 2. The highest BCUT2D eigenvalue weighted by atomic mass is 32.2. The van der Waals surface area contributed by atoms with E-state index in [1.54, 1.807) is 42.8 Å². The lowest BCUT2D eigenvalue weighted by Gasteiger charge is -2.33.